The lowest BCUT2D eigenvalue weighted by molar-refractivity contribution is -0.138. The normalized spacial score (nSPS) is 16.0. The zero-order valence-corrected chi connectivity index (χ0v) is 15.3. The molecule has 0 aliphatic carbocycles. The van der Waals surface area contributed by atoms with Gasteiger partial charge in [0.15, 0.2) is 0 Å². The summed E-state index contributed by atoms with van der Waals surface area (Å²) in [6.45, 7) is 7.11. The molecule has 0 atom stereocenters. The first-order valence-electron chi connectivity index (χ1n) is 8.90. The number of likely N-dealkylation sites (N-methyl/N-ethyl adjacent to an activating group) is 1. The summed E-state index contributed by atoms with van der Waals surface area (Å²) in [5.74, 6) is -0.744. The van der Waals surface area contributed by atoms with Crippen molar-refractivity contribution in [3.8, 4) is 0 Å². The Bertz CT molecular complexity index is 591. The van der Waals surface area contributed by atoms with Gasteiger partial charge in [-0.05, 0) is 31.5 Å². The van der Waals surface area contributed by atoms with Gasteiger partial charge < -0.3 is 10.0 Å². The van der Waals surface area contributed by atoms with Crippen molar-refractivity contribution in [3.05, 3.63) is 35.4 Å². The highest BCUT2D eigenvalue weighted by Crippen LogP contribution is 2.13. The third kappa shape index (κ3) is 6.48. The molecule has 1 aliphatic rings. The number of carboxylic acid groups (broad SMARTS) is 1. The average Bonchev–Trinajstić information content (AvgIpc) is 2.81. The third-order valence-electron chi connectivity index (χ3n) is 4.71. The second-order valence-corrected chi connectivity index (χ2v) is 6.82. The van der Waals surface area contributed by atoms with E-state index in [-0.39, 0.29) is 18.9 Å². The topological polar surface area (TPSA) is 64.1 Å². The lowest BCUT2D eigenvalue weighted by Crippen LogP contribution is -2.41. The predicted molar refractivity (Wildman–Crippen MR) is 97.4 cm³/mol. The Labute approximate surface area is 150 Å². The maximum Gasteiger partial charge on any atom is 0.304 e. The second kappa shape index (κ2) is 9.53. The van der Waals surface area contributed by atoms with Crippen LogP contribution in [0.2, 0.25) is 0 Å². The van der Waals surface area contributed by atoms with Crippen LogP contribution in [-0.4, -0.2) is 78.0 Å². The molecule has 0 unspecified atom stereocenters. The van der Waals surface area contributed by atoms with Gasteiger partial charge in [0.25, 0.3) is 0 Å². The fourth-order valence-electron chi connectivity index (χ4n) is 3.10. The highest BCUT2D eigenvalue weighted by Gasteiger charge is 2.20. The minimum Gasteiger partial charge on any atom is -0.481 e. The molecule has 2 rings (SSSR count). The van der Waals surface area contributed by atoms with Gasteiger partial charge in [0.1, 0.15) is 0 Å². The quantitative estimate of drug-likeness (QED) is 0.808. The van der Waals surface area contributed by atoms with Crippen molar-refractivity contribution in [1.82, 2.24) is 14.7 Å². The molecule has 1 N–H and O–H groups in total. The van der Waals surface area contributed by atoms with Crippen LogP contribution < -0.4 is 0 Å². The van der Waals surface area contributed by atoms with Crippen LogP contribution in [0.15, 0.2) is 24.3 Å². The molecule has 1 amide bonds. The van der Waals surface area contributed by atoms with Gasteiger partial charge in [-0.1, -0.05) is 24.3 Å². The number of benzene rings is 1. The maximum atomic E-state index is 12.4. The fourth-order valence-corrected chi connectivity index (χ4v) is 3.10. The Morgan fingerprint density at radius 3 is 2.64 bits per heavy atom. The highest BCUT2D eigenvalue weighted by atomic mass is 16.4. The minimum absolute atomic E-state index is 0.0635. The number of aliphatic carboxylic acids is 1. The molecule has 1 aromatic carbocycles. The van der Waals surface area contributed by atoms with Crippen molar-refractivity contribution in [2.45, 2.75) is 26.3 Å². The van der Waals surface area contributed by atoms with E-state index in [0.29, 0.717) is 6.54 Å². The molecule has 0 spiro atoms. The van der Waals surface area contributed by atoms with Crippen LogP contribution in [0, 0.1) is 6.92 Å². The summed E-state index contributed by atoms with van der Waals surface area (Å²) in [6.07, 6.45) is 1.03. The summed E-state index contributed by atoms with van der Waals surface area (Å²) in [6, 6.07) is 8.43. The van der Waals surface area contributed by atoms with Gasteiger partial charge in [-0.15, -0.1) is 0 Å². The van der Waals surface area contributed by atoms with Gasteiger partial charge in [0.2, 0.25) is 5.91 Å². The predicted octanol–water partition coefficient (Wildman–Crippen LogP) is 1.44. The van der Waals surface area contributed by atoms with Crippen molar-refractivity contribution in [2.75, 3.05) is 46.3 Å². The van der Waals surface area contributed by atoms with Crippen molar-refractivity contribution < 1.29 is 14.7 Å². The largest absolute Gasteiger partial charge is 0.481 e. The number of nitrogens with zero attached hydrogens (tertiary/aromatic N) is 3. The van der Waals surface area contributed by atoms with E-state index in [1.54, 1.807) is 11.9 Å². The van der Waals surface area contributed by atoms with Crippen LogP contribution >= 0.6 is 0 Å². The summed E-state index contributed by atoms with van der Waals surface area (Å²) >= 11 is 0. The number of aryl methyl sites for hydroxylation is 1. The standard InChI is InChI=1S/C19H29N3O3/c1-16-6-3-4-7-17(16)14-21-9-5-10-22(13-12-21)18(23)15-20(2)11-8-19(24)25/h3-4,6-7H,5,8-15H2,1-2H3,(H,24,25). The van der Waals surface area contributed by atoms with Crippen LogP contribution in [-0.2, 0) is 16.1 Å². The Morgan fingerprint density at radius 2 is 1.92 bits per heavy atom. The summed E-state index contributed by atoms with van der Waals surface area (Å²) in [4.78, 5) is 29.2. The first-order chi connectivity index (χ1) is 12.0. The van der Waals surface area contributed by atoms with Crippen LogP contribution in [0.5, 0.6) is 0 Å². The van der Waals surface area contributed by atoms with Gasteiger partial charge in [-0.2, -0.15) is 0 Å². The molecule has 1 fully saturated rings. The average molecular weight is 347 g/mol. The maximum absolute atomic E-state index is 12.4. The molecule has 6 heteroatoms. The number of hydrogen-bond acceptors (Lipinski definition) is 4. The van der Waals surface area contributed by atoms with Gasteiger partial charge >= 0.3 is 5.97 Å². The minimum atomic E-state index is -0.832. The van der Waals surface area contributed by atoms with E-state index in [2.05, 4.69) is 36.1 Å². The summed E-state index contributed by atoms with van der Waals surface area (Å²) in [5.41, 5.74) is 2.65. The summed E-state index contributed by atoms with van der Waals surface area (Å²) < 4.78 is 0. The molecule has 1 saturated heterocycles. The van der Waals surface area contributed by atoms with Gasteiger partial charge in [0, 0.05) is 39.3 Å². The molecule has 1 aromatic rings. The van der Waals surface area contributed by atoms with Crippen LogP contribution in [0.4, 0.5) is 0 Å². The molecule has 0 radical (unpaired) electrons. The van der Waals surface area contributed by atoms with Gasteiger partial charge in [-0.3, -0.25) is 19.4 Å². The number of carboxylic acids is 1. The Kier molecular flexibility index (Phi) is 7.40. The number of carbonyl (C=O) groups is 2. The lowest BCUT2D eigenvalue weighted by Gasteiger charge is -2.24. The molecule has 25 heavy (non-hydrogen) atoms. The number of amides is 1. The molecule has 0 aromatic heterocycles. The Balaban J connectivity index is 1.81. The molecule has 0 bridgehead atoms. The van der Waals surface area contributed by atoms with Crippen LogP contribution in [0.1, 0.15) is 24.0 Å². The molecular formula is C19H29N3O3. The van der Waals surface area contributed by atoms with E-state index in [4.69, 9.17) is 5.11 Å². The number of rotatable bonds is 7. The van der Waals surface area contributed by atoms with Crippen LogP contribution in [0.25, 0.3) is 0 Å². The molecule has 138 valence electrons. The summed E-state index contributed by atoms with van der Waals surface area (Å²) in [5, 5.41) is 8.72. The SMILES string of the molecule is Cc1ccccc1CN1CCCN(C(=O)CN(C)CCC(=O)O)CC1. The van der Waals surface area contributed by atoms with Crippen molar-refractivity contribution in [1.29, 1.82) is 0 Å². The molecule has 1 aliphatic heterocycles. The van der Waals surface area contributed by atoms with Gasteiger partial charge in [-0.25, -0.2) is 0 Å². The second-order valence-electron chi connectivity index (χ2n) is 6.82. The smallest absolute Gasteiger partial charge is 0.304 e. The van der Waals surface area contributed by atoms with E-state index < -0.39 is 5.97 Å². The monoisotopic (exact) mass is 347 g/mol. The molecule has 6 nitrogen and oxygen atoms in total. The van der Waals surface area contributed by atoms with Crippen molar-refractivity contribution in [2.24, 2.45) is 0 Å². The van der Waals surface area contributed by atoms with E-state index in [1.807, 2.05) is 4.90 Å². The van der Waals surface area contributed by atoms with Gasteiger partial charge in [0.05, 0.1) is 13.0 Å². The number of carbonyl (C=O) groups excluding carboxylic acids is 1. The Morgan fingerprint density at radius 1 is 1.16 bits per heavy atom. The molecular weight excluding hydrogens is 318 g/mol. The first-order valence-corrected chi connectivity index (χ1v) is 8.90. The van der Waals surface area contributed by atoms with E-state index in [1.165, 1.54) is 11.1 Å². The number of hydrogen-bond donors (Lipinski definition) is 1. The Hall–Kier alpha value is -1.92. The molecule has 1 heterocycles. The fraction of sp³-hybridized carbons (Fsp3) is 0.579. The lowest BCUT2D eigenvalue weighted by atomic mass is 10.1. The highest BCUT2D eigenvalue weighted by molar-refractivity contribution is 5.78. The van der Waals surface area contributed by atoms with Crippen molar-refractivity contribution in [3.63, 3.8) is 0 Å². The molecule has 0 saturated carbocycles. The van der Waals surface area contributed by atoms with E-state index in [9.17, 15) is 9.59 Å². The van der Waals surface area contributed by atoms with Crippen molar-refractivity contribution >= 4 is 11.9 Å². The third-order valence-corrected chi connectivity index (χ3v) is 4.71. The van der Waals surface area contributed by atoms with Crippen LogP contribution in [0.3, 0.4) is 0 Å². The zero-order valence-electron chi connectivity index (χ0n) is 15.3. The van der Waals surface area contributed by atoms with E-state index in [0.717, 1.165) is 39.1 Å². The van der Waals surface area contributed by atoms with E-state index >= 15 is 0 Å². The zero-order chi connectivity index (χ0) is 18.2. The summed E-state index contributed by atoms with van der Waals surface area (Å²) in [7, 11) is 1.79. The first kappa shape index (κ1) is 19.4.